The Bertz CT molecular complexity index is 811. The predicted octanol–water partition coefficient (Wildman–Crippen LogP) is 2.56. The minimum Gasteiger partial charge on any atom is -0.464 e. The van der Waals surface area contributed by atoms with Gasteiger partial charge in [0.15, 0.2) is 0 Å². The van der Waals surface area contributed by atoms with E-state index in [1.54, 1.807) is 6.07 Å². The second-order valence-electron chi connectivity index (χ2n) is 6.11. The molecule has 116 valence electrons. The van der Waals surface area contributed by atoms with Crippen LogP contribution in [-0.2, 0) is 10.2 Å². The van der Waals surface area contributed by atoms with Crippen molar-refractivity contribution in [1.29, 1.82) is 0 Å². The molecule has 1 fully saturated rings. The van der Waals surface area contributed by atoms with Crippen LogP contribution in [0.4, 0.5) is 5.69 Å². The molecule has 2 aromatic rings. The predicted molar refractivity (Wildman–Crippen MR) is 84.6 cm³/mol. The summed E-state index contributed by atoms with van der Waals surface area (Å²) in [4.78, 5) is 30.3. The first-order valence-corrected chi connectivity index (χ1v) is 7.60. The molecular weight excluding hydrogens is 292 g/mol. The summed E-state index contributed by atoms with van der Waals surface area (Å²) in [6, 6.07) is 11.2. The quantitative estimate of drug-likeness (QED) is 0.800. The van der Waals surface area contributed by atoms with Crippen molar-refractivity contribution < 1.29 is 14.3 Å². The minimum absolute atomic E-state index is 0.103. The van der Waals surface area contributed by atoms with Gasteiger partial charge in [0.1, 0.15) is 5.69 Å². The van der Waals surface area contributed by atoms with Crippen molar-refractivity contribution in [3.05, 3.63) is 59.4 Å². The Kier molecular flexibility index (Phi) is 2.98. The highest BCUT2D eigenvalue weighted by molar-refractivity contribution is 6.08. The fraction of sp³-hybridized carbons (Fsp3) is 0.278. The van der Waals surface area contributed by atoms with Crippen LogP contribution in [0.1, 0.15) is 39.3 Å². The Morgan fingerprint density at radius 2 is 2.00 bits per heavy atom. The Labute approximate surface area is 133 Å². The lowest BCUT2D eigenvalue weighted by Gasteiger charge is -2.18. The number of hydrogen-bond acceptors (Lipinski definition) is 4. The second kappa shape index (κ2) is 4.91. The number of nitrogens with zero attached hydrogens (tertiary/aromatic N) is 2. The van der Waals surface area contributed by atoms with Crippen LogP contribution < -0.4 is 4.90 Å². The highest BCUT2D eigenvalue weighted by Crippen LogP contribution is 2.56. The summed E-state index contributed by atoms with van der Waals surface area (Å²) in [5.41, 5.74) is 2.98. The molecule has 0 saturated heterocycles. The lowest BCUT2D eigenvalue weighted by molar-refractivity contribution is 0.0594. The molecule has 4 rings (SSSR count). The van der Waals surface area contributed by atoms with E-state index in [9.17, 15) is 9.59 Å². The molecule has 1 amide bonds. The minimum atomic E-state index is -0.542. The van der Waals surface area contributed by atoms with Crippen LogP contribution in [0.25, 0.3) is 0 Å². The number of anilines is 1. The summed E-state index contributed by atoms with van der Waals surface area (Å²) in [7, 11) is 1.30. The smallest absolute Gasteiger partial charge is 0.356 e. The van der Waals surface area contributed by atoms with E-state index in [4.69, 9.17) is 0 Å². The van der Waals surface area contributed by atoms with Crippen LogP contribution in [0, 0.1) is 0 Å². The van der Waals surface area contributed by atoms with Gasteiger partial charge >= 0.3 is 5.97 Å². The number of hydrogen-bond donors (Lipinski definition) is 0. The lowest BCUT2D eigenvalue weighted by Crippen LogP contribution is -2.31. The van der Waals surface area contributed by atoms with E-state index in [1.807, 2.05) is 23.1 Å². The summed E-state index contributed by atoms with van der Waals surface area (Å²) < 4.78 is 4.67. The maximum absolute atomic E-state index is 12.9. The van der Waals surface area contributed by atoms with Gasteiger partial charge in [-0.2, -0.15) is 0 Å². The first-order chi connectivity index (χ1) is 11.1. The Hall–Kier alpha value is -2.69. The lowest BCUT2D eigenvalue weighted by atomic mass is 9.99. The molecule has 0 N–H and O–H groups in total. The van der Waals surface area contributed by atoms with Crippen LogP contribution >= 0.6 is 0 Å². The SMILES string of the molecule is COC(=O)c1cc(C(=O)N2CC3(CC3)c3ccccc32)ccn1. The van der Waals surface area contributed by atoms with E-state index in [0.717, 1.165) is 18.5 Å². The van der Waals surface area contributed by atoms with Gasteiger partial charge in [-0.1, -0.05) is 18.2 Å². The number of carbonyl (C=O) groups excluding carboxylic acids is 2. The zero-order valence-electron chi connectivity index (χ0n) is 12.8. The number of ether oxygens (including phenoxy) is 1. The number of amides is 1. The molecule has 0 radical (unpaired) electrons. The van der Waals surface area contributed by atoms with Gasteiger partial charge in [-0.25, -0.2) is 9.78 Å². The largest absolute Gasteiger partial charge is 0.464 e. The van der Waals surface area contributed by atoms with Gasteiger partial charge in [-0.3, -0.25) is 4.79 Å². The molecule has 1 aliphatic heterocycles. The van der Waals surface area contributed by atoms with E-state index in [2.05, 4.69) is 15.8 Å². The summed E-state index contributed by atoms with van der Waals surface area (Å²) >= 11 is 0. The molecule has 1 spiro atoms. The average molecular weight is 308 g/mol. The Morgan fingerprint density at radius 1 is 1.22 bits per heavy atom. The van der Waals surface area contributed by atoms with Gasteiger partial charge in [0.25, 0.3) is 5.91 Å². The number of esters is 1. The van der Waals surface area contributed by atoms with Crippen molar-refractivity contribution in [3.63, 3.8) is 0 Å². The number of carbonyl (C=O) groups is 2. The molecule has 1 aromatic heterocycles. The summed E-state index contributed by atoms with van der Waals surface area (Å²) in [5.74, 6) is -0.645. The molecule has 2 aliphatic rings. The molecule has 1 aliphatic carbocycles. The van der Waals surface area contributed by atoms with Gasteiger partial charge in [-0.05, 0) is 36.6 Å². The van der Waals surface area contributed by atoms with E-state index < -0.39 is 5.97 Å². The van der Waals surface area contributed by atoms with Gasteiger partial charge in [0, 0.05) is 29.4 Å². The van der Waals surface area contributed by atoms with Crippen LogP contribution in [0.2, 0.25) is 0 Å². The summed E-state index contributed by atoms with van der Waals surface area (Å²) in [5, 5.41) is 0. The number of aromatic nitrogens is 1. The third kappa shape index (κ3) is 2.11. The van der Waals surface area contributed by atoms with Crippen LogP contribution in [0.3, 0.4) is 0 Å². The van der Waals surface area contributed by atoms with Crippen molar-refractivity contribution in [2.75, 3.05) is 18.6 Å². The number of para-hydroxylation sites is 1. The highest BCUT2D eigenvalue weighted by Gasteiger charge is 2.52. The third-order valence-electron chi connectivity index (χ3n) is 4.73. The van der Waals surface area contributed by atoms with E-state index in [0.29, 0.717) is 12.1 Å². The first-order valence-electron chi connectivity index (χ1n) is 7.60. The first kappa shape index (κ1) is 13.9. The molecule has 1 saturated carbocycles. The molecule has 2 heterocycles. The van der Waals surface area contributed by atoms with E-state index in [-0.39, 0.29) is 17.0 Å². The van der Waals surface area contributed by atoms with Crippen LogP contribution in [-0.4, -0.2) is 30.5 Å². The van der Waals surface area contributed by atoms with E-state index >= 15 is 0 Å². The maximum Gasteiger partial charge on any atom is 0.356 e. The number of benzene rings is 1. The number of methoxy groups -OCH3 is 1. The monoisotopic (exact) mass is 308 g/mol. The zero-order valence-corrected chi connectivity index (χ0v) is 12.8. The molecule has 1 aromatic carbocycles. The maximum atomic E-state index is 12.9. The van der Waals surface area contributed by atoms with Crippen molar-refractivity contribution in [3.8, 4) is 0 Å². The zero-order chi connectivity index (χ0) is 16.0. The second-order valence-corrected chi connectivity index (χ2v) is 6.11. The van der Waals surface area contributed by atoms with Crippen molar-refractivity contribution in [2.24, 2.45) is 0 Å². The number of rotatable bonds is 2. The number of pyridine rings is 1. The molecule has 5 heteroatoms. The average Bonchev–Trinajstić information content (AvgIpc) is 3.31. The highest BCUT2D eigenvalue weighted by atomic mass is 16.5. The Balaban J connectivity index is 1.70. The van der Waals surface area contributed by atoms with Gasteiger partial charge < -0.3 is 9.64 Å². The van der Waals surface area contributed by atoms with Gasteiger partial charge in [0.2, 0.25) is 0 Å². The van der Waals surface area contributed by atoms with Crippen LogP contribution in [0.5, 0.6) is 0 Å². The third-order valence-corrected chi connectivity index (χ3v) is 4.73. The van der Waals surface area contributed by atoms with Gasteiger partial charge in [-0.15, -0.1) is 0 Å². The summed E-state index contributed by atoms with van der Waals surface area (Å²) in [6.45, 7) is 0.709. The normalized spacial score (nSPS) is 17.0. The van der Waals surface area contributed by atoms with Gasteiger partial charge in [0.05, 0.1) is 7.11 Å². The molecular formula is C18H16N2O3. The fourth-order valence-electron chi connectivity index (χ4n) is 3.33. The summed E-state index contributed by atoms with van der Waals surface area (Å²) in [6.07, 6.45) is 3.71. The number of fused-ring (bicyclic) bond motifs is 2. The molecule has 0 bridgehead atoms. The standard InChI is InChI=1S/C18H16N2O3/c1-23-17(22)14-10-12(6-9-19-14)16(21)20-11-18(7-8-18)13-4-2-3-5-15(13)20/h2-6,9-10H,7-8,11H2,1H3. The molecule has 0 atom stereocenters. The van der Waals surface area contributed by atoms with Crippen molar-refractivity contribution >= 4 is 17.6 Å². The topological polar surface area (TPSA) is 59.5 Å². The van der Waals surface area contributed by atoms with Crippen LogP contribution in [0.15, 0.2) is 42.6 Å². The molecule has 5 nitrogen and oxygen atoms in total. The van der Waals surface area contributed by atoms with Crippen molar-refractivity contribution in [1.82, 2.24) is 4.98 Å². The Morgan fingerprint density at radius 3 is 2.74 bits per heavy atom. The van der Waals surface area contributed by atoms with E-state index in [1.165, 1.54) is 24.9 Å². The molecule has 0 unspecified atom stereocenters. The van der Waals surface area contributed by atoms with Crippen molar-refractivity contribution in [2.45, 2.75) is 18.3 Å². The molecule has 23 heavy (non-hydrogen) atoms. The fourth-order valence-corrected chi connectivity index (χ4v) is 3.33.